The summed E-state index contributed by atoms with van der Waals surface area (Å²) in [4.78, 5) is 0. The van der Waals surface area contributed by atoms with Gasteiger partial charge < -0.3 is 0 Å². The Balaban J connectivity index is 2.29. The molecule has 0 spiro atoms. The van der Waals surface area contributed by atoms with Gasteiger partial charge in [-0.3, -0.25) is 0 Å². The highest BCUT2D eigenvalue weighted by Crippen LogP contribution is 2.14. The van der Waals surface area contributed by atoms with E-state index in [4.69, 9.17) is 0 Å². The summed E-state index contributed by atoms with van der Waals surface area (Å²) in [6.45, 7) is 0. The van der Waals surface area contributed by atoms with Crippen LogP contribution in [0.3, 0.4) is 0 Å². The Morgan fingerprint density at radius 1 is 1.22 bits per heavy atom. The maximum absolute atomic E-state index is 4.20. The molecular weight excluding hydrogens is 198 g/mol. The van der Waals surface area contributed by atoms with Crippen molar-refractivity contribution in [3.8, 4) is 0 Å². The van der Waals surface area contributed by atoms with Gasteiger partial charge in [0.2, 0.25) is 0 Å². The lowest BCUT2D eigenvalue weighted by atomic mass is 13.8. The van der Waals surface area contributed by atoms with Crippen molar-refractivity contribution in [3.63, 3.8) is 0 Å². The van der Waals surface area contributed by atoms with Crippen LogP contribution in [-0.4, -0.2) is 0 Å². The van der Waals surface area contributed by atoms with Gasteiger partial charge in [-0.05, 0) is 0 Å². The third-order valence-electron chi connectivity index (χ3n) is 0.606. The van der Waals surface area contributed by atoms with Crippen LogP contribution in [0.25, 0.3) is 0 Å². The van der Waals surface area contributed by atoms with Crippen LogP contribution in [0, 0.1) is 0 Å². The highest BCUT2D eigenvalue weighted by Gasteiger charge is 2.11. The number of fused-ring (bicyclic) bond motifs is 1. The molecule has 3 N–H and O–H groups in total. The maximum Gasteiger partial charge on any atom is 0.123 e. The van der Waals surface area contributed by atoms with E-state index in [2.05, 4.69) is 19.9 Å². The third kappa shape index (κ3) is 1.48. The van der Waals surface area contributed by atoms with Gasteiger partial charge in [-0.15, -0.1) is 7.54 Å². The quantitative estimate of drug-likeness (QED) is 0.488. The zero-order valence-corrected chi connectivity index (χ0v) is 7.29. The summed E-state index contributed by atoms with van der Waals surface area (Å²) in [5.74, 6) is 0. The van der Waals surface area contributed by atoms with Gasteiger partial charge in [0.05, 0.1) is 23.2 Å². The summed E-state index contributed by atoms with van der Waals surface area (Å²) < 4.78 is 17.3. The Bertz CT molecular complexity index is 181. The molecule has 0 amide bonds. The van der Waals surface area contributed by atoms with Gasteiger partial charge in [0.15, 0.2) is 0 Å². The van der Waals surface area contributed by atoms with Gasteiger partial charge in [-0.1, -0.05) is 0 Å². The van der Waals surface area contributed by atoms with Crippen LogP contribution in [0.15, 0.2) is 7.54 Å². The van der Waals surface area contributed by atoms with E-state index in [9.17, 15) is 0 Å². The molecule has 9 heavy (non-hydrogen) atoms. The maximum atomic E-state index is 4.20. The molecule has 2 aliphatic rings. The van der Waals surface area contributed by atoms with E-state index >= 15 is 0 Å². The van der Waals surface area contributed by atoms with Crippen molar-refractivity contribution in [1.29, 1.82) is 0 Å². The third-order valence-corrected chi connectivity index (χ3v) is 5.45. The Hall–Kier alpha value is 0.880. The summed E-state index contributed by atoms with van der Waals surface area (Å²) in [5, 5.41) is 0. The average molecular weight is 201 g/mol. The van der Waals surface area contributed by atoms with Crippen LogP contribution in [0.2, 0.25) is 0 Å². The summed E-state index contributed by atoms with van der Waals surface area (Å²) in [7, 11) is 0. The molecule has 0 aromatic rings. The first-order chi connectivity index (χ1) is 4.45. The fourth-order valence-electron chi connectivity index (χ4n) is 0.342. The highest BCUT2D eigenvalue weighted by molar-refractivity contribution is 8.23. The van der Waals surface area contributed by atoms with Crippen LogP contribution in [-0.2, 0) is 22.1 Å². The Labute approximate surface area is 66.4 Å². The molecule has 0 saturated carbocycles. The zero-order valence-electron chi connectivity index (χ0n) is 4.03. The lowest BCUT2D eigenvalue weighted by Crippen LogP contribution is -2.31. The summed E-state index contributed by atoms with van der Waals surface area (Å²) in [6, 6.07) is 0. The van der Waals surface area contributed by atoms with Crippen molar-refractivity contribution >= 4 is 46.4 Å². The number of hydrogen-bond acceptors (Lipinski definition) is 7. The van der Waals surface area contributed by atoms with Gasteiger partial charge in [-0.25, -0.2) is 0 Å². The largest absolute Gasteiger partial charge is 0.170 e. The standard InChI is InChI=1S/H3N5S4/c1-6-2-9-4-7-3-8(1)5-9/h(H3,1,2,3,4,5)/t8-,9+. The minimum absolute atomic E-state index is 0.188. The van der Waals surface area contributed by atoms with E-state index in [-0.39, 0.29) is 22.1 Å². The summed E-state index contributed by atoms with van der Waals surface area (Å²) in [5.41, 5.74) is 0. The fourth-order valence-corrected chi connectivity index (χ4v) is 5.30. The van der Waals surface area contributed by atoms with Gasteiger partial charge in [0.1, 0.15) is 11.1 Å². The fraction of sp³-hybridized carbons (Fsp3) is 0. The predicted octanol–water partition coefficient (Wildman–Crippen LogP) is 0.173. The second-order valence-electron chi connectivity index (χ2n) is 1.14. The van der Waals surface area contributed by atoms with Gasteiger partial charge in [0.25, 0.3) is 0 Å². The van der Waals surface area contributed by atoms with E-state index in [0.29, 0.717) is 0 Å². The molecule has 0 saturated heterocycles. The first kappa shape index (κ1) is 6.58. The topological polar surface area (TPSA) is 60.8 Å². The Kier molecular flexibility index (Phi) is 2.09. The molecule has 5 nitrogen and oxygen atoms in total. The molecule has 0 aliphatic carbocycles. The van der Waals surface area contributed by atoms with E-state index in [1.54, 1.807) is 0 Å². The van der Waals surface area contributed by atoms with Crippen molar-refractivity contribution in [2.24, 2.45) is 7.54 Å². The first-order valence-corrected chi connectivity index (χ1v) is 5.87. The van der Waals surface area contributed by atoms with Crippen LogP contribution >= 0.6 is 24.3 Å². The van der Waals surface area contributed by atoms with Crippen molar-refractivity contribution in [2.75, 3.05) is 0 Å². The van der Waals surface area contributed by atoms with Crippen LogP contribution in [0.1, 0.15) is 0 Å². The molecule has 2 heterocycles. The summed E-state index contributed by atoms with van der Waals surface area (Å²) >= 11 is 2.33. The molecule has 0 unspecified atom stereocenters. The molecule has 0 fully saturated rings. The van der Waals surface area contributed by atoms with E-state index in [0.717, 1.165) is 0 Å². The molecular formula is H3N5S4. The first-order valence-electron chi connectivity index (χ1n) is 1.96. The molecule has 9 heteroatoms. The van der Waals surface area contributed by atoms with Crippen molar-refractivity contribution in [3.05, 3.63) is 0 Å². The predicted molar refractivity (Wildman–Crippen MR) is 44.2 cm³/mol. The van der Waals surface area contributed by atoms with Crippen LogP contribution < -0.4 is 12.4 Å². The average Bonchev–Trinajstić information content (AvgIpc) is 1.88. The molecule has 0 radical (unpaired) electrons. The number of nitrogens with one attached hydrogen (secondary N) is 3. The van der Waals surface area contributed by atoms with Gasteiger partial charge in [-0.2, -0.15) is 12.4 Å². The smallest absolute Gasteiger partial charge is 0.123 e. The lowest BCUT2D eigenvalue weighted by Gasteiger charge is -2.18. The number of nitrogens with zero attached hydrogens (tertiary/aromatic N) is 2. The molecule has 0 aromatic carbocycles. The van der Waals surface area contributed by atoms with E-state index in [1.165, 1.54) is 24.3 Å². The second-order valence-corrected chi connectivity index (χ2v) is 5.82. The number of rotatable bonds is 0. The Morgan fingerprint density at radius 2 is 2.22 bits per heavy atom. The second kappa shape index (κ2) is 2.86. The molecule has 2 rings (SSSR count). The zero-order chi connectivity index (χ0) is 6.10. The molecule has 52 valence electrons. The van der Waals surface area contributed by atoms with E-state index < -0.39 is 0 Å². The van der Waals surface area contributed by atoms with E-state index in [1.807, 2.05) is 0 Å². The van der Waals surface area contributed by atoms with Gasteiger partial charge >= 0.3 is 0 Å². The minimum atomic E-state index is -0.282. The molecule has 2 aliphatic heterocycles. The van der Waals surface area contributed by atoms with Crippen LogP contribution in [0.4, 0.5) is 0 Å². The SMILES string of the molecule is N1=[S@@]2N=[S@](NS1)NSN2. The minimum Gasteiger partial charge on any atom is -0.170 e. The monoisotopic (exact) mass is 201 g/mol. The lowest BCUT2D eigenvalue weighted by molar-refractivity contribution is 1.48. The van der Waals surface area contributed by atoms with Crippen molar-refractivity contribution < 1.29 is 0 Å². The normalized spacial score (nSPS) is 40.9. The van der Waals surface area contributed by atoms with Crippen molar-refractivity contribution in [1.82, 2.24) is 12.4 Å². The Morgan fingerprint density at radius 3 is 3.00 bits per heavy atom. The van der Waals surface area contributed by atoms with Crippen molar-refractivity contribution in [2.45, 2.75) is 0 Å². The van der Waals surface area contributed by atoms with Gasteiger partial charge in [0, 0.05) is 12.1 Å². The molecule has 2 atom stereocenters. The highest BCUT2D eigenvalue weighted by atomic mass is 32.3. The van der Waals surface area contributed by atoms with Crippen LogP contribution in [0.5, 0.6) is 0 Å². The molecule has 2 bridgehead atoms. The molecule has 0 aromatic heterocycles. The summed E-state index contributed by atoms with van der Waals surface area (Å²) in [6.07, 6.45) is 0. The number of hydrogen-bond donors (Lipinski definition) is 3.